The van der Waals surface area contributed by atoms with Gasteiger partial charge in [0.15, 0.2) is 5.78 Å². The van der Waals surface area contributed by atoms with E-state index >= 15 is 0 Å². The lowest BCUT2D eigenvalue weighted by Gasteiger charge is -2.22. The zero-order chi connectivity index (χ0) is 10.0. The van der Waals surface area contributed by atoms with Crippen molar-refractivity contribution in [3.05, 3.63) is 47.2 Å². The Hall–Kier alpha value is -1.61. The molecule has 74 valence electrons. The first-order valence-corrected chi connectivity index (χ1v) is 5.20. The van der Waals surface area contributed by atoms with Crippen LogP contribution in [0.1, 0.15) is 15.9 Å². The van der Waals surface area contributed by atoms with Gasteiger partial charge in [-0.25, -0.2) is 0 Å². The lowest BCUT2D eigenvalue weighted by molar-refractivity contribution is 0.104. The van der Waals surface area contributed by atoms with E-state index in [4.69, 9.17) is 0 Å². The van der Waals surface area contributed by atoms with Crippen LogP contribution in [-0.2, 0) is 5.54 Å². The third-order valence-electron chi connectivity index (χ3n) is 3.66. The lowest BCUT2D eigenvalue weighted by Crippen LogP contribution is -2.29. The van der Waals surface area contributed by atoms with Gasteiger partial charge in [0.1, 0.15) is 5.54 Å². The Morgan fingerprint density at radius 1 is 1.33 bits per heavy atom. The number of carbonyl (C=O) groups is 1. The molecule has 2 N–H and O–H groups in total. The summed E-state index contributed by atoms with van der Waals surface area (Å²) in [6.45, 7) is 0.924. The molecule has 0 bridgehead atoms. The van der Waals surface area contributed by atoms with Crippen LogP contribution in [0, 0.1) is 0 Å². The molecular formula is C12H10N2O. The molecular weight excluding hydrogens is 188 g/mol. The Balaban J connectivity index is 2.05. The van der Waals surface area contributed by atoms with Crippen LogP contribution < -0.4 is 10.6 Å². The topological polar surface area (TPSA) is 51.0 Å². The van der Waals surface area contributed by atoms with Crippen molar-refractivity contribution in [1.82, 2.24) is 10.6 Å². The maximum atomic E-state index is 11.8. The number of ketones is 1. The van der Waals surface area contributed by atoms with Crippen molar-refractivity contribution in [3.8, 4) is 0 Å². The summed E-state index contributed by atoms with van der Waals surface area (Å²) in [5.74, 6) is 0.119. The highest BCUT2D eigenvalue weighted by molar-refractivity contribution is 6.08. The van der Waals surface area contributed by atoms with Gasteiger partial charge in [-0.2, -0.15) is 0 Å². The zero-order valence-corrected chi connectivity index (χ0v) is 8.08. The molecule has 1 aromatic carbocycles. The van der Waals surface area contributed by atoms with E-state index in [9.17, 15) is 4.79 Å². The molecule has 0 radical (unpaired) electrons. The summed E-state index contributed by atoms with van der Waals surface area (Å²) in [6, 6.07) is 8.36. The van der Waals surface area contributed by atoms with Crippen molar-refractivity contribution >= 4 is 5.78 Å². The Morgan fingerprint density at radius 3 is 3.07 bits per heavy atom. The van der Waals surface area contributed by atoms with Gasteiger partial charge in [0, 0.05) is 23.9 Å². The van der Waals surface area contributed by atoms with Gasteiger partial charge in [-0.15, -0.1) is 0 Å². The van der Waals surface area contributed by atoms with Gasteiger partial charge in [0.05, 0.1) is 6.04 Å². The SMILES string of the molecule is O=C1C=C2NC[C@H]3N[C@@]23c2ccccc21. The summed E-state index contributed by atoms with van der Waals surface area (Å²) in [5, 5.41) is 6.78. The molecule has 0 saturated carbocycles. The number of nitrogens with one attached hydrogen (secondary N) is 2. The molecule has 2 fully saturated rings. The minimum Gasteiger partial charge on any atom is -0.385 e. The monoisotopic (exact) mass is 198 g/mol. The predicted octanol–water partition coefficient (Wildman–Crippen LogP) is 0.537. The number of carbonyl (C=O) groups excluding carboxylic acids is 1. The first kappa shape index (κ1) is 7.65. The van der Waals surface area contributed by atoms with E-state index in [0.29, 0.717) is 6.04 Å². The highest BCUT2D eigenvalue weighted by Gasteiger charge is 2.63. The third-order valence-corrected chi connectivity index (χ3v) is 3.66. The lowest BCUT2D eigenvalue weighted by atomic mass is 9.84. The maximum Gasteiger partial charge on any atom is 0.188 e. The van der Waals surface area contributed by atoms with Crippen LogP contribution >= 0.6 is 0 Å². The van der Waals surface area contributed by atoms with E-state index in [-0.39, 0.29) is 11.3 Å². The van der Waals surface area contributed by atoms with E-state index in [2.05, 4.69) is 16.7 Å². The molecule has 1 aliphatic carbocycles. The van der Waals surface area contributed by atoms with Crippen LogP contribution in [0.15, 0.2) is 36.0 Å². The van der Waals surface area contributed by atoms with Crippen molar-refractivity contribution in [2.24, 2.45) is 0 Å². The summed E-state index contributed by atoms with van der Waals surface area (Å²) >= 11 is 0. The van der Waals surface area contributed by atoms with Gasteiger partial charge in [0.25, 0.3) is 0 Å². The van der Waals surface area contributed by atoms with Crippen LogP contribution in [0.2, 0.25) is 0 Å². The molecule has 3 heteroatoms. The quantitative estimate of drug-likeness (QED) is 0.598. The molecule has 2 aliphatic heterocycles. The maximum absolute atomic E-state index is 11.8. The molecule has 1 aromatic rings. The fraction of sp³-hybridized carbons (Fsp3) is 0.250. The minimum atomic E-state index is -0.0511. The van der Waals surface area contributed by atoms with Crippen molar-refractivity contribution in [2.45, 2.75) is 11.6 Å². The molecule has 2 heterocycles. The van der Waals surface area contributed by atoms with Crippen molar-refractivity contribution < 1.29 is 4.79 Å². The Bertz CT molecular complexity index is 520. The molecule has 0 aromatic heterocycles. The van der Waals surface area contributed by atoms with Crippen LogP contribution in [0.3, 0.4) is 0 Å². The number of hydrogen-bond acceptors (Lipinski definition) is 3. The second kappa shape index (κ2) is 2.14. The van der Waals surface area contributed by atoms with Crippen LogP contribution in [0.25, 0.3) is 0 Å². The van der Waals surface area contributed by atoms with Gasteiger partial charge in [-0.3, -0.25) is 10.1 Å². The molecule has 2 saturated heterocycles. The van der Waals surface area contributed by atoms with Crippen molar-refractivity contribution in [1.29, 1.82) is 0 Å². The standard InChI is InChI=1S/C12H10N2O/c15-9-5-10-12(11(14-12)6-13-10)8-4-2-1-3-7(8)9/h1-5,11,13-14H,6H2/t11-,12+/m1/s1. The van der Waals surface area contributed by atoms with Crippen LogP contribution in [0.5, 0.6) is 0 Å². The van der Waals surface area contributed by atoms with Gasteiger partial charge < -0.3 is 5.32 Å². The molecule has 0 amide bonds. The number of allylic oxidation sites excluding steroid dienone is 1. The van der Waals surface area contributed by atoms with E-state index in [1.165, 1.54) is 0 Å². The minimum absolute atomic E-state index is 0.0511. The molecule has 0 unspecified atom stereocenters. The third kappa shape index (κ3) is 0.710. The first-order chi connectivity index (χ1) is 7.32. The molecule has 3 aliphatic rings. The molecule has 2 atom stereocenters. The Morgan fingerprint density at radius 2 is 2.20 bits per heavy atom. The number of rotatable bonds is 0. The van der Waals surface area contributed by atoms with Crippen LogP contribution in [-0.4, -0.2) is 18.4 Å². The highest BCUT2D eigenvalue weighted by atomic mass is 16.1. The average molecular weight is 198 g/mol. The number of piperazine rings is 1. The molecule has 15 heavy (non-hydrogen) atoms. The highest BCUT2D eigenvalue weighted by Crippen LogP contribution is 2.50. The van der Waals surface area contributed by atoms with E-state index in [0.717, 1.165) is 23.4 Å². The van der Waals surface area contributed by atoms with Crippen molar-refractivity contribution in [3.63, 3.8) is 0 Å². The van der Waals surface area contributed by atoms with Gasteiger partial charge in [0.2, 0.25) is 0 Å². The summed E-state index contributed by atoms with van der Waals surface area (Å²) in [4.78, 5) is 11.8. The van der Waals surface area contributed by atoms with Gasteiger partial charge in [-0.1, -0.05) is 24.3 Å². The fourth-order valence-electron chi connectivity index (χ4n) is 2.88. The number of fused-ring (bicyclic) bond motifs is 1. The Kier molecular flexibility index (Phi) is 1.09. The second-order valence-corrected chi connectivity index (χ2v) is 4.35. The largest absolute Gasteiger partial charge is 0.385 e. The molecule has 3 nitrogen and oxygen atoms in total. The summed E-state index contributed by atoms with van der Waals surface area (Å²) in [6.07, 6.45) is 1.74. The van der Waals surface area contributed by atoms with Crippen LogP contribution in [0.4, 0.5) is 0 Å². The molecule has 4 rings (SSSR count). The number of hydrogen-bond donors (Lipinski definition) is 2. The van der Waals surface area contributed by atoms with Crippen molar-refractivity contribution in [2.75, 3.05) is 6.54 Å². The van der Waals surface area contributed by atoms with E-state index < -0.39 is 0 Å². The molecule has 1 spiro atoms. The second-order valence-electron chi connectivity index (χ2n) is 4.35. The summed E-state index contributed by atoms with van der Waals surface area (Å²) in [5.41, 5.74) is 2.99. The van der Waals surface area contributed by atoms with E-state index in [1.807, 2.05) is 18.2 Å². The smallest absolute Gasteiger partial charge is 0.188 e. The summed E-state index contributed by atoms with van der Waals surface area (Å²) < 4.78 is 0. The normalized spacial score (nSPS) is 34.8. The predicted molar refractivity (Wildman–Crippen MR) is 55.5 cm³/mol. The van der Waals surface area contributed by atoms with Gasteiger partial charge in [-0.05, 0) is 5.56 Å². The fourth-order valence-corrected chi connectivity index (χ4v) is 2.88. The van der Waals surface area contributed by atoms with E-state index in [1.54, 1.807) is 6.08 Å². The summed E-state index contributed by atoms with van der Waals surface area (Å²) in [7, 11) is 0. The average Bonchev–Trinajstić information content (AvgIpc) is 2.89. The van der Waals surface area contributed by atoms with Gasteiger partial charge >= 0.3 is 0 Å². The first-order valence-electron chi connectivity index (χ1n) is 5.20. The number of benzene rings is 1. The zero-order valence-electron chi connectivity index (χ0n) is 8.08. The Labute approximate surface area is 87.2 Å².